The first-order chi connectivity index (χ1) is 11.7. The van der Waals surface area contributed by atoms with Crippen molar-refractivity contribution < 1.29 is 4.74 Å². The maximum atomic E-state index is 12.8. The summed E-state index contributed by atoms with van der Waals surface area (Å²) in [4.78, 5) is 17.4. The van der Waals surface area contributed by atoms with E-state index in [1.165, 1.54) is 11.8 Å². The second kappa shape index (κ2) is 9.67. The van der Waals surface area contributed by atoms with Gasteiger partial charge >= 0.3 is 0 Å². The van der Waals surface area contributed by atoms with Crippen molar-refractivity contribution >= 4 is 34.3 Å². The van der Waals surface area contributed by atoms with Gasteiger partial charge in [0, 0.05) is 37.0 Å². The highest BCUT2D eigenvalue weighted by Crippen LogP contribution is 2.21. The Morgan fingerprint density at radius 3 is 3.00 bits per heavy atom. The monoisotopic (exact) mass is 365 g/mol. The number of aromatic nitrogens is 2. The Kier molecular flexibility index (Phi) is 7.57. The van der Waals surface area contributed by atoms with Gasteiger partial charge in [0.15, 0.2) is 5.16 Å². The predicted molar refractivity (Wildman–Crippen MR) is 97.7 cm³/mol. The van der Waals surface area contributed by atoms with Gasteiger partial charge in [0.25, 0.3) is 5.56 Å². The van der Waals surface area contributed by atoms with Gasteiger partial charge in [-0.15, -0.1) is 0 Å². The number of thioether (sulfide) groups is 1. The lowest BCUT2D eigenvalue weighted by molar-refractivity contribution is 0.140. The Morgan fingerprint density at radius 2 is 2.25 bits per heavy atom. The molecule has 0 fully saturated rings. The van der Waals surface area contributed by atoms with E-state index in [-0.39, 0.29) is 5.56 Å². The van der Waals surface area contributed by atoms with E-state index in [9.17, 15) is 4.79 Å². The van der Waals surface area contributed by atoms with Crippen molar-refractivity contribution in [1.82, 2.24) is 9.55 Å². The summed E-state index contributed by atoms with van der Waals surface area (Å²) >= 11 is 7.52. The van der Waals surface area contributed by atoms with Crippen molar-refractivity contribution in [2.45, 2.75) is 37.9 Å². The first-order valence-corrected chi connectivity index (χ1v) is 9.31. The molecule has 0 amide bonds. The number of ether oxygens (including phenoxy) is 1. The zero-order chi connectivity index (χ0) is 17.4. The van der Waals surface area contributed by atoms with Crippen molar-refractivity contribution in [3.05, 3.63) is 33.6 Å². The summed E-state index contributed by atoms with van der Waals surface area (Å²) in [6.07, 6.45) is 2.02. The first kappa shape index (κ1) is 18.8. The van der Waals surface area contributed by atoms with Crippen LogP contribution < -0.4 is 5.56 Å². The van der Waals surface area contributed by atoms with Crippen LogP contribution in [0.3, 0.4) is 0 Å². The minimum Gasteiger partial charge on any atom is -0.382 e. The van der Waals surface area contributed by atoms with Crippen LogP contribution in [0.15, 0.2) is 28.2 Å². The van der Waals surface area contributed by atoms with Crippen LogP contribution in [-0.4, -0.2) is 28.5 Å². The van der Waals surface area contributed by atoms with Crippen molar-refractivity contribution in [2.24, 2.45) is 0 Å². The summed E-state index contributed by atoms with van der Waals surface area (Å²) in [6.45, 7) is 3.79. The maximum Gasteiger partial charge on any atom is 0.262 e. The zero-order valence-corrected chi connectivity index (χ0v) is 15.2. The topological polar surface area (TPSA) is 67.9 Å². The van der Waals surface area contributed by atoms with Crippen LogP contribution >= 0.6 is 23.4 Å². The third kappa shape index (κ3) is 4.97. The molecule has 128 valence electrons. The number of halogens is 1. The summed E-state index contributed by atoms with van der Waals surface area (Å²) in [7, 11) is 0. The Bertz CT molecular complexity index is 786. The van der Waals surface area contributed by atoms with Crippen LogP contribution in [0, 0.1) is 11.3 Å². The molecule has 0 unspecified atom stereocenters. The molecule has 1 aromatic heterocycles. The van der Waals surface area contributed by atoms with Gasteiger partial charge in [0.05, 0.1) is 17.0 Å². The van der Waals surface area contributed by atoms with E-state index in [0.717, 1.165) is 18.6 Å². The van der Waals surface area contributed by atoms with Crippen LogP contribution in [0.5, 0.6) is 0 Å². The average Bonchev–Trinajstić information content (AvgIpc) is 2.57. The number of nitrogens with zero attached hydrogens (tertiary/aromatic N) is 3. The molecule has 2 rings (SSSR count). The number of nitriles is 1. The van der Waals surface area contributed by atoms with E-state index >= 15 is 0 Å². The number of fused-ring (bicyclic) bond motifs is 1. The highest BCUT2D eigenvalue weighted by molar-refractivity contribution is 7.99. The molecular formula is C17H20ClN3O2S. The van der Waals surface area contributed by atoms with E-state index in [0.29, 0.717) is 47.3 Å². The molecule has 0 atom stereocenters. The smallest absolute Gasteiger partial charge is 0.262 e. The Hall–Kier alpha value is -1.55. The molecule has 0 saturated heterocycles. The molecule has 0 bridgehead atoms. The molecule has 0 aliphatic carbocycles. The van der Waals surface area contributed by atoms with E-state index in [1.807, 2.05) is 6.92 Å². The summed E-state index contributed by atoms with van der Waals surface area (Å²) in [5, 5.41) is 10.4. The number of hydrogen-bond acceptors (Lipinski definition) is 5. The molecule has 0 aliphatic rings. The molecule has 0 saturated carbocycles. The molecule has 0 radical (unpaired) electrons. The van der Waals surface area contributed by atoms with Gasteiger partial charge in [-0.3, -0.25) is 9.36 Å². The molecule has 1 aromatic carbocycles. The second-order valence-corrected chi connectivity index (χ2v) is 6.67. The lowest BCUT2D eigenvalue weighted by Gasteiger charge is -2.13. The van der Waals surface area contributed by atoms with Gasteiger partial charge in [-0.2, -0.15) is 5.26 Å². The van der Waals surface area contributed by atoms with Crippen molar-refractivity contribution in [3.63, 3.8) is 0 Å². The molecule has 24 heavy (non-hydrogen) atoms. The van der Waals surface area contributed by atoms with E-state index in [4.69, 9.17) is 21.6 Å². The standard InChI is InChI=1S/C17H20ClN3O2S/c1-2-23-10-5-9-21-16(22)14-7-6-13(18)12-15(14)20-17(21)24-11-4-3-8-19/h6-7,12H,2-5,9-11H2,1H3. The zero-order valence-electron chi connectivity index (χ0n) is 13.6. The largest absolute Gasteiger partial charge is 0.382 e. The van der Waals surface area contributed by atoms with Crippen molar-refractivity contribution in [2.75, 3.05) is 19.0 Å². The number of unbranched alkanes of at least 4 members (excludes halogenated alkanes) is 1. The van der Waals surface area contributed by atoms with Crippen LogP contribution in [0.25, 0.3) is 10.9 Å². The van der Waals surface area contributed by atoms with E-state index in [2.05, 4.69) is 11.1 Å². The third-order valence-corrected chi connectivity index (χ3v) is 4.72. The summed E-state index contributed by atoms with van der Waals surface area (Å²) in [6, 6.07) is 7.26. The van der Waals surface area contributed by atoms with Crippen LogP contribution in [0.1, 0.15) is 26.2 Å². The molecule has 0 spiro atoms. The van der Waals surface area contributed by atoms with Crippen molar-refractivity contribution in [1.29, 1.82) is 5.26 Å². The Morgan fingerprint density at radius 1 is 1.42 bits per heavy atom. The van der Waals surface area contributed by atoms with Crippen LogP contribution in [-0.2, 0) is 11.3 Å². The molecule has 7 heteroatoms. The van der Waals surface area contributed by atoms with Gasteiger partial charge in [0.2, 0.25) is 0 Å². The second-order valence-electron chi connectivity index (χ2n) is 5.17. The lowest BCUT2D eigenvalue weighted by atomic mass is 10.2. The molecule has 0 N–H and O–H groups in total. The van der Waals surface area contributed by atoms with Gasteiger partial charge in [-0.1, -0.05) is 23.4 Å². The summed E-state index contributed by atoms with van der Waals surface area (Å²) < 4.78 is 7.06. The fourth-order valence-electron chi connectivity index (χ4n) is 2.26. The fourth-order valence-corrected chi connectivity index (χ4v) is 3.40. The van der Waals surface area contributed by atoms with E-state index in [1.54, 1.807) is 22.8 Å². The van der Waals surface area contributed by atoms with Gasteiger partial charge in [0.1, 0.15) is 0 Å². The average molecular weight is 366 g/mol. The van der Waals surface area contributed by atoms with Crippen LogP contribution in [0.4, 0.5) is 0 Å². The van der Waals surface area contributed by atoms with Crippen molar-refractivity contribution in [3.8, 4) is 6.07 Å². The third-order valence-electron chi connectivity index (χ3n) is 3.42. The first-order valence-electron chi connectivity index (χ1n) is 7.95. The summed E-state index contributed by atoms with van der Waals surface area (Å²) in [5.74, 6) is 0.748. The molecule has 0 aliphatic heterocycles. The molecule has 5 nitrogen and oxygen atoms in total. The van der Waals surface area contributed by atoms with E-state index < -0.39 is 0 Å². The van der Waals surface area contributed by atoms with Gasteiger partial charge in [-0.25, -0.2) is 4.98 Å². The highest BCUT2D eigenvalue weighted by atomic mass is 35.5. The normalized spacial score (nSPS) is 10.9. The number of benzene rings is 1. The lowest BCUT2D eigenvalue weighted by Crippen LogP contribution is -2.24. The fraction of sp³-hybridized carbons (Fsp3) is 0.471. The minimum absolute atomic E-state index is 0.0593. The Balaban J connectivity index is 2.30. The molecule has 1 heterocycles. The molecular weight excluding hydrogens is 346 g/mol. The highest BCUT2D eigenvalue weighted by Gasteiger charge is 2.12. The van der Waals surface area contributed by atoms with Gasteiger partial charge < -0.3 is 4.74 Å². The predicted octanol–water partition coefficient (Wildman–Crippen LogP) is 3.87. The van der Waals surface area contributed by atoms with Gasteiger partial charge in [-0.05, 0) is 38.0 Å². The Labute approximate surface area is 150 Å². The quantitative estimate of drug-likeness (QED) is 0.383. The number of rotatable bonds is 9. The minimum atomic E-state index is -0.0593. The SMILES string of the molecule is CCOCCCn1c(SCCCC#N)nc2cc(Cl)ccc2c1=O. The molecule has 2 aromatic rings. The summed E-state index contributed by atoms with van der Waals surface area (Å²) in [5.41, 5.74) is 0.548. The number of hydrogen-bond donors (Lipinski definition) is 0. The maximum absolute atomic E-state index is 12.8. The van der Waals surface area contributed by atoms with Crippen LogP contribution in [0.2, 0.25) is 5.02 Å².